The normalized spacial score (nSPS) is 12.2. The van der Waals surface area contributed by atoms with Gasteiger partial charge in [-0.2, -0.15) is 5.10 Å². The Labute approximate surface area is 155 Å². The van der Waals surface area contributed by atoms with Gasteiger partial charge in [-0.25, -0.2) is 0 Å². The number of nitrogens with one attached hydrogen (secondary N) is 2. The third-order valence-corrected chi connectivity index (χ3v) is 4.46. The summed E-state index contributed by atoms with van der Waals surface area (Å²) in [5.74, 6) is 1.23. The summed E-state index contributed by atoms with van der Waals surface area (Å²) in [5.41, 5.74) is 3.43. The van der Waals surface area contributed by atoms with Crippen LogP contribution in [0.4, 0.5) is 0 Å². The third-order valence-electron chi connectivity index (χ3n) is 4.46. The molecule has 0 unspecified atom stereocenters. The lowest BCUT2D eigenvalue weighted by Crippen LogP contribution is -2.23. The van der Waals surface area contributed by atoms with Crippen LogP contribution in [0.25, 0.3) is 11.3 Å². The Morgan fingerprint density at radius 3 is 2.81 bits per heavy atom. The summed E-state index contributed by atoms with van der Waals surface area (Å²) < 4.78 is 10.6. The third kappa shape index (κ3) is 3.44. The van der Waals surface area contributed by atoms with Crippen LogP contribution in [0.15, 0.2) is 42.5 Å². The molecule has 1 aliphatic rings. The minimum Gasteiger partial charge on any atom is -0.507 e. The van der Waals surface area contributed by atoms with Gasteiger partial charge in [0.05, 0.1) is 5.69 Å². The molecule has 0 radical (unpaired) electrons. The second-order valence-electron chi connectivity index (χ2n) is 6.24. The molecule has 7 nitrogen and oxygen atoms in total. The largest absolute Gasteiger partial charge is 0.507 e. The molecule has 7 heteroatoms. The van der Waals surface area contributed by atoms with E-state index in [9.17, 15) is 9.90 Å². The first kappa shape index (κ1) is 17.0. The standard InChI is InChI=1S/C20H19N3O4/c1-2-12-3-5-17(24)14(7-12)15-9-16(23-22-15)20(25)21-10-13-4-6-18-19(8-13)27-11-26-18/h3-9,24H,2,10-11H2,1H3,(H,21,25)(H,22,23). The van der Waals surface area contributed by atoms with E-state index in [1.54, 1.807) is 12.1 Å². The summed E-state index contributed by atoms with van der Waals surface area (Å²) in [4.78, 5) is 12.4. The molecule has 0 bridgehead atoms. The number of H-pyrrole nitrogens is 1. The molecule has 1 aliphatic heterocycles. The lowest BCUT2D eigenvalue weighted by Gasteiger charge is -2.05. The van der Waals surface area contributed by atoms with E-state index in [-0.39, 0.29) is 18.4 Å². The number of hydrogen-bond donors (Lipinski definition) is 3. The molecule has 0 saturated carbocycles. The number of ether oxygens (including phenoxy) is 2. The maximum absolute atomic E-state index is 12.4. The van der Waals surface area contributed by atoms with Crippen molar-refractivity contribution in [2.24, 2.45) is 0 Å². The molecule has 4 rings (SSSR count). The fourth-order valence-electron chi connectivity index (χ4n) is 2.91. The lowest BCUT2D eigenvalue weighted by molar-refractivity contribution is 0.0946. The van der Waals surface area contributed by atoms with Crippen molar-refractivity contribution in [3.8, 4) is 28.5 Å². The van der Waals surface area contributed by atoms with E-state index < -0.39 is 0 Å². The summed E-state index contributed by atoms with van der Waals surface area (Å²) >= 11 is 0. The van der Waals surface area contributed by atoms with Crippen LogP contribution in [0.1, 0.15) is 28.5 Å². The average molecular weight is 365 g/mol. The number of fused-ring (bicyclic) bond motifs is 1. The molecule has 138 valence electrons. The molecule has 2 heterocycles. The van der Waals surface area contributed by atoms with Crippen molar-refractivity contribution in [1.29, 1.82) is 0 Å². The Balaban J connectivity index is 1.46. The number of benzene rings is 2. The molecule has 0 saturated heterocycles. The zero-order valence-electron chi connectivity index (χ0n) is 14.8. The number of phenols is 1. The van der Waals surface area contributed by atoms with Crippen molar-refractivity contribution in [3.05, 3.63) is 59.3 Å². The van der Waals surface area contributed by atoms with E-state index in [4.69, 9.17) is 9.47 Å². The number of phenolic OH excluding ortho intramolecular Hbond substituents is 1. The fourth-order valence-corrected chi connectivity index (χ4v) is 2.91. The highest BCUT2D eigenvalue weighted by Gasteiger charge is 2.16. The summed E-state index contributed by atoms with van der Waals surface area (Å²) in [6.07, 6.45) is 0.848. The van der Waals surface area contributed by atoms with Crippen LogP contribution >= 0.6 is 0 Å². The number of aromatic nitrogens is 2. The van der Waals surface area contributed by atoms with Crippen LogP contribution in [0.3, 0.4) is 0 Å². The minimum atomic E-state index is -0.280. The molecule has 0 fully saturated rings. The average Bonchev–Trinajstić information content (AvgIpc) is 3.35. The van der Waals surface area contributed by atoms with Gasteiger partial charge in [-0.3, -0.25) is 9.89 Å². The number of amides is 1. The van der Waals surface area contributed by atoms with Crippen molar-refractivity contribution in [1.82, 2.24) is 15.5 Å². The predicted molar refractivity (Wildman–Crippen MR) is 98.8 cm³/mol. The van der Waals surface area contributed by atoms with Gasteiger partial charge in [0.2, 0.25) is 6.79 Å². The van der Waals surface area contributed by atoms with Crippen LogP contribution in [0.2, 0.25) is 0 Å². The number of carbonyl (C=O) groups excluding carboxylic acids is 1. The van der Waals surface area contributed by atoms with Gasteiger partial charge in [0, 0.05) is 12.1 Å². The van der Waals surface area contributed by atoms with E-state index in [1.165, 1.54) is 0 Å². The fraction of sp³-hybridized carbons (Fsp3) is 0.200. The van der Waals surface area contributed by atoms with Gasteiger partial charge in [-0.1, -0.05) is 19.1 Å². The molecule has 2 aromatic carbocycles. The highest BCUT2D eigenvalue weighted by atomic mass is 16.7. The number of aryl methyl sites for hydroxylation is 1. The van der Waals surface area contributed by atoms with Gasteiger partial charge in [0.25, 0.3) is 5.91 Å². The second-order valence-corrected chi connectivity index (χ2v) is 6.24. The van der Waals surface area contributed by atoms with Gasteiger partial charge in [-0.05, 0) is 47.9 Å². The number of aromatic hydroxyl groups is 1. The molecule has 0 atom stereocenters. The number of carbonyl (C=O) groups is 1. The van der Waals surface area contributed by atoms with Crippen LogP contribution in [-0.2, 0) is 13.0 Å². The van der Waals surface area contributed by atoms with Crippen LogP contribution in [0.5, 0.6) is 17.2 Å². The zero-order valence-corrected chi connectivity index (χ0v) is 14.8. The van der Waals surface area contributed by atoms with E-state index in [0.717, 1.165) is 17.5 Å². The predicted octanol–water partition coefficient (Wildman–Crippen LogP) is 3.00. The molecule has 1 amide bonds. The Morgan fingerprint density at radius 2 is 1.96 bits per heavy atom. The molecular weight excluding hydrogens is 346 g/mol. The van der Waals surface area contributed by atoms with E-state index in [0.29, 0.717) is 35.0 Å². The smallest absolute Gasteiger partial charge is 0.269 e. The Kier molecular flexibility index (Phi) is 4.42. The van der Waals surface area contributed by atoms with Crippen molar-refractivity contribution in [3.63, 3.8) is 0 Å². The Hall–Kier alpha value is -3.48. The first-order valence-corrected chi connectivity index (χ1v) is 8.68. The topological polar surface area (TPSA) is 96.5 Å². The Morgan fingerprint density at radius 1 is 1.15 bits per heavy atom. The van der Waals surface area contributed by atoms with E-state index in [2.05, 4.69) is 15.5 Å². The lowest BCUT2D eigenvalue weighted by atomic mass is 10.1. The minimum absolute atomic E-state index is 0.131. The van der Waals surface area contributed by atoms with Crippen molar-refractivity contribution in [2.45, 2.75) is 19.9 Å². The van der Waals surface area contributed by atoms with Gasteiger partial charge in [-0.15, -0.1) is 0 Å². The highest BCUT2D eigenvalue weighted by molar-refractivity contribution is 5.93. The highest BCUT2D eigenvalue weighted by Crippen LogP contribution is 2.32. The zero-order chi connectivity index (χ0) is 18.8. The SMILES string of the molecule is CCc1ccc(O)c(-c2cc(C(=O)NCc3ccc4c(c3)OCO4)[nH]n2)c1. The monoisotopic (exact) mass is 365 g/mol. The first-order chi connectivity index (χ1) is 13.1. The van der Waals surface area contributed by atoms with Crippen LogP contribution < -0.4 is 14.8 Å². The number of aromatic amines is 1. The summed E-state index contributed by atoms with van der Waals surface area (Å²) in [7, 11) is 0. The van der Waals surface area contributed by atoms with Crippen LogP contribution in [0, 0.1) is 0 Å². The van der Waals surface area contributed by atoms with Gasteiger partial charge >= 0.3 is 0 Å². The molecular formula is C20H19N3O4. The molecule has 0 aliphatic carbocycles. The van der Waals surface area contributed by atoms with Gasteiger partial charge in [0.1, 0.15) is 11.4 Å². The van der Waals surface area contributed by atoms with E-state index >= 15 is 0 Å². The first-order valence-electron chi connectivity index (χ1n) is 8.68. The number of nitrogens with zero attached hydrogens (tertiary/aromatic N) is 1. The number of hydrogen-bond acceptors (Lipinski definition) is 5. The van der Waals surface area contributed by atoms with Crippen molar-refractivity contribution in [2.75, 3.05) is 6.79 Å². The second kappa shape index (κ2) is 7.03. The quantitative estimate of drug-likeness (QED) is 0.646. The maximum atomic E-state index is 12.4. The molecule has 1 aromatic heterocycles. The van der Waals surface area contributed by atoms with E-state index in [1.807, 2.05) is 37.3 Å². The Bertz CT molecular complexity index is 997. The van der Waals surface area contributed by atoms with Gasteiger partial charge in [0.15, 0.2) is 11.5 Å². The summed E-state index contributed by atoms with van der Waals surface area (Å²) in [6.45, 7) is 2.60. The summed E-state index contributed by atoms with van der Waals surface area (Å²) in [6, 6.07) is 12.5. The maximum Gasteiger partial charge on any atom is 0.269 e. The molecule has 3 N–H and O–H groups in total. The van der Waals surface area contributed by atoms with Gasteiger partial charge < -0.3 is 19.9 Å². The molecule has 0 spiro atoms. The molecule has 3 aromatic rings. The summed E-state index contributed by atoms with van der Waals surface area (Å²) in [5, 5.41) is 19.8. The number of rotatable bonds is 5. The molecule has 27 heavy (non-hydrogen) atoms. The van der Waals surface area contributed by atoms with Crippen molar-refractivity contribution < 1.29 is 19.4 Å². The van der Waals surface area contributed by atoms with Crippen molar-refractivity contribution >= 4 is 5.91 Å². The van der Waals surface area contributed by atoms with Crippen LogP contribution in [-0.4, -0.2) is 28.0 Å².